The Balaban J connectivity index is 2.78. The van der Waals surface area contributed by atoms with Crippen LogP contribution in [0.3, 0.4) is 0 Å². The molecule has 2 nitrogen and oxygen atoms in total. The molecule has 0 amide bonds. The largest absolute Gasteiger partial charge is 0.396 e. The Hall–Kier alpha value is -0.860. The zero-order valence-electron chi connectivity index (χ0n) is 6.46. The third kappa shape index (κ3) is 2.32. The summed E-state index contributed by atoms with van der Waals surface area (Å²) in [6.07, 6.45) is 0.608. The fourth-order valence-electron chi connectivity index (χ4n) is 0.932. The third-order valence-corrected chi connectivity index (χ3v) is 1.80. The number of halogens is 1. The van der Waals surface area contributed by atoms with Crippen LogP contribution in [0.5, 0.6) is 0 Å². The van der Waals surface area contributed by atoms with Crippen molar-refractivity contribution in [2.45, 2.75) is 6.42 Å². The number of rotatable bonds is 3. The molecule has 64 valence electrons. The molecule has 0 fully saturated rings. The average Bonchev–Trinajstić information content (AvgIpc) is 2.06. The van der Waals surface area contributed by atoms with E-state index in [1.807, 2.05) is 0 Å². The van der Waals surface area contributed by atoms with Gasteiger partial charge in [-0.1, -0.05) is 12.1 Å². The molecule has 1 aromatic carbocycles. The molecule has 0 aliphatic carbocycles. The first kappa shape index (κ1) is 9.23. The van der Waals surface area contributed by atoms with Gasteiger partial charge in [0.2, 0.25) is 0 Å². The van der Waals surface area contributed by atoms with Crippen LogP contribution in [-0.4, -0.2) is 17.0 Å². The number of aliphatic hydroxyl groups excluding tert-OH is 1. The number of benzene rings is 1. The molecule has 1 N–H and O–H groups in total. The lowest BCUT2D eigenvalue weighted by Crippen LogP contribution is -1.92. The molecule has 1 aromatic rings. The summed E-state index contributed by atoms with van der Waals surface area (Å²) in [5, 5.41) is 8.15. The van der Waals surface area contributed by atoms with Crippen LogP contribution in [0, 0.1) is 0 Å². The first-order valence-corrected chi connectivity index (χ1v) is 4.01. The SMILES string of the molecule is O=C(Cl)c1ccc(CCO)cc1. The van der Waals surface area contributed by atoms with Gasteiger partial charge in [0.05, 0.1) is 0 Å². The first-order valence-electron chi connectivity index (χ1n) is 3.63. The van der Waals surface area contributed by atoms with Crippen LogP contribution in [0.15, 0.2) is 24.3 Å². The van der Waals surface area contributed by atoms with E-state index < -0.39 is 5.24 Å². The maximum atomic E-state index is 10.6. The highest BCUT2D eigenvalue weighted by Gasteiger charge is 1.99. The molecule has 0 saturated heterocycles. The Morgan fingerprint density at radius 2 is 1.92 bits per heavy atom. The van der Waals surface area contributed by atoms with E-state index in [1.54, 1.807) is 24.3 Å². The summed E-state index contributed by atoms with van der Waals surface area (Å²) in [4.78, 5) is 10.6. The standard InChI is InChI=1S/C9H9ClO2/c10-9(12)8-3-1-7(2-4-8)5-6-11/h1-4,11H,5-6H2. The van der Waals surface area contributed by atoms with Crippen LogP contribution in [0.25, 0.3) is 0 Å². The van der Waals surface area contributed by atoms with Crippen LogP contribution < -0.4 is 0 Å². The predicted molar refractivity (Wildman–Crippen MR) is 47.4 cm³/mol. The monoisotopic (exact) mass is 184 g/mol. The summed E-state index contributed by atoms with van der Waals surface area (Å²) in [6, 6.07) is 6.87. The Bertz CT molecular complexity index is 266. The summed E-state index contributed by atoms with van der Waals surface area (Å²) in [6.45, 7) is 0.119. The fourth-order valence-corrected chi connectivity index (χ4v) is 1.06. The Morgan fingerprint density at radius 1 is 1.33 bits per heavy atom. The Labute approximate surface area is 75.8 Å². The molecule has 0 atom stereocenters. The second-order valence-electron chi connectivity index (χ2n) is 2.44. The summed E-state index contributed by atoms with van der Waals surface area (Å²) in [7, 11) is 0. The van der Waals surface area contributed by atoms with Crippen molar-refractivity contribution in [2.75, 3.05) is 6.61 Å². The molecule has 0 aromatic heterocycles. The quantitative estimate of drug-likeness (QED) is 0.725. The van der Waals surface area contributed by atoms with Gasteiger partial charge in [-0.05, 0) is 35.7 Å². The van der Waals surface area contributed by atoms with Crippen molar-refractivity contribution in [3.05, 3.63) is 35.4 Å². The Kier molecular flexibility index (Phi) is 3.26. The lowest BCUT2D eigenvalue weighted by molar-refractivity contribution is 0.108. The van der Waals surface area contributed by atoms with Crippen molar-refractivity contribution in [3.8, 4) is 0 Å². The van der Waals surface area contributed by atoms with Gasteiger partial charge in [0.15, 0.2) is 0 Å². The van der Waals surface area contributed by atoms with Crippen LogP contribution in [0.2, 0.25) is 0 Å². The molecule has 0 saturated carbocycles. The number of hydrogen-bond acceptors (Lipinski definition) is 2. The number of carbonyl (C=O) groups is 1. The van der Waals surface area contributed by atoms with Crippen LogP contribution >= 0.6 is 11.6 Å². The zero-order valence-corrected chi connectivity index (χ0v) is 7.21. The summed E-state index contributed by atoms with van der Waals surface area (Å²) < 4.78 is 0. The van der Waals surface area contributed by atoms with E-state index in [0.29, 0.717) is 12.0 Å². The molecule has 0 unspecified atom stereocenters. The van der Waals surface area contributed by atoms with Gasteiger partial charge in [0, 0.05) is 12.2 Å². The lowest BCUT2D eigenvalue weighted by atomic mass is 10.1. The van der Waals surface area contributed by atoms with Gasteiger partial charge in [0.1, 0.15) is 0 Å². The van der Waals surface area contributed by atoms with Crippen molar-refractivity contribution >= 4 is 16.8 Å². The summed E-state index contributed by atoms with van der Waals surface area (Å²) in [5.41, 5.74) is 1.48. The van der Waals surface area contributed by atoms with Crippen molar-refractivity contribution in [3.63, 3.8) is 0 Å². The van der Waals surface area contributed by atoms with Gasteiger partial charge in [-0.25, -0.2) is 0 Å². The molecule has 0 radical (unpaired) electrons. The smallest absolute Gasteiger partial charge is 0.252 e. The molecular formula is C9H9ClO2. The van der Waals surface area contributed by atoms with Crippen molar-refractivity contribution in [1.82, 2.24) is 0 Å². The van der Waals surface area contributed by atoms with Crippen LogP contribution in [-0.2, 0) is 6.42 Å². The average molecular weight is 185 g/mol. The van der Waals surface area contributed by atoms with Crippen molar-refractivity contribution in [2.24, 2.45) is 0 Å². The highest BCUT2D eigenvalue weighted by molar-refractivity contribution is 6.67. The maximum absolute atomic E-state index is 10.6. The van der Waals surface area contributed by atoms with Crippen LogP contribution in [0.4, 0.5) is 0 Å². The number of hydrogen-bond donors (Lipinski definition) is 1. The maximum Gasteiger partial charge on any atom is 0.252 e. The zero-order chi connectivity index (χ0) is 8.97. The molecule has 12 heavy (non-hydrogen) atoms. The van der Waals surface area contributed by atoms with E-state index >= 15 is 0 Å². The van der Waals surface area contributed by atoms with E-state index in [2.05, 4.69) is 0 Å². The van der Waals surface area contributed by atoms with Gasteiger partial charge in [-0.15, -0.1) is 0 Å². The van der Waals surface area contributed by atoms with E-state index in [0.717, 1.165) is 5.56 Å². The second kappa shape index (κ2) is 4.24. The molecule has 0 heterocycles. The Morgan fingerprint density at radius 3 is 2.33 bits per heavy atom. The lowest BCUT2D eigenvalue weighted by Gasteiger charge is -1.97. The molecule has 0 aliphatic heterocycles. The van der Waals surface area contributed by atoms with Gasteiger partial charge < -0.3 is 5.11 Å². The van der Waals surface area contributed by atoms with E-state index in [4.69, 9.17) is 16.7 Å². The topological polar surface area (TPSA) is 37.3 Å². The first-order chi connectivity index (χ1) is 5.74. The minimum Gasteiger partial charge on any atom is -0.396 e. The van der Waals surface area contributed by atoms with E-state index in [1.165, 1.54) is 0 Å². The fraction of sp³-hybridized carbons (Fsp3) is 0.222. The molecular weight excluding hydrogens is 176 g/mol. The van der Waals surface area contributed by atoms with Gasteiger partial charge in [0.25, 0.3) is 5.24 Å². The molecule has 0 bridgehead atoms. The van der Waals surface area contributed by atoms with E-state index in [9.17, 15) is 4.79 Å². The number of carbonyl (C=O) groups excluding carboxylic acids is 1. The predicted octanol–water partition coefficient (Wildman–Crippen LogP) is 1.60. The second-order valence-corrected chi connectivity index (χ2v) is 2.79. The minimum absolute atomic E-state index is 0.119. The molecule has 0 aliphatic rings. The van der Waals surface area contributed by atoms with Gasteiger partial charge >= 0.3 is 0 Å². The normalized spacial score (nSPS) is 9.83. The minimum atomic E-state index is -0.453. The summed E-state index contributed by atoms with van der Waals surface area (Å²) >= 11 is 5.24. The van der Waals surface area contributed by atoms with Gasteiger partial charge in [-0.3, -0.25) is 4.79 Å². The van der Waals surface area contributed by atoms with Crippen LogP contribution in [0.1, 0.15) is 15.9 Å². The highest BCUT2D eigenvalue weighted by Crippen LogP contribution is 2.07. The summed E-state index contributed by atoms with van der Waals surface area (Å²) in [5.74, 6) is 0. The van der Waals surface area contributed by atoms with E-state index in [-0.39, 0.29) is 6.61 Å². The molecule has 3 heteroatoms. The third-order valence-electron chi connectivity index (χ3n) is 1.58. The van der Waals surface area contributed by atoms with Crippen molar-refractivity contribution in [1.29, 1.82) is 0 Å². The highest BCUT2D eigenvalue weighted by atomic mass is 35.5. The molecule has 1 rings (SSSR count). The molecule has 0 spiro atoms. The number of aliphatic hydroxyl groups is 1. The van der Waals surface area contributed by atoms with Gasteiger partial charge in [-0.2, -0.15) is 0 Å². The van der Waals surface area contributed by atoms with Crippen molar-refractivity contribution < 1.29 is 9.90 Å².